The second-order valence-electron chi connectivity index (χ2n) is 0. The maximum Gasteiger partial charge on any atom is 0.187 e. The van der Waals surface area contributed by atoms with Crippen LogP contribution in [0.5, 0.6) is 0 Å². The molecule has 0 aromatic heterocycles. The molecule has 0 nitrogen and oxygen atoms in total. The molecule has 0 aromatic carbocycles. The molecular formula is H3AlCuVZn. The van der Waals surface area contributed by atoms with E-state index >= 15 is 0 Å². The summed E-state index contributed by atoms with van der Waals surface area (Å²) in [5, 5.41) is 0. The van der Waals surface area contributed by atoms with Crippen LogP contribution in [0.1, 0.15) is 0 Å². The summed E-state index contributed by atoms with van der Waals surface area (Å²) in [7, 11) is 0. The van der Waals surface area contributed by atoms with Gasteiger partial charge in [0.25, 0.3) is 0 Å². The number of hydrogen-bond donors (Lipinski definition) is 0. The Morgan fingerprint density at radius 2 is 1.00 bits per heavy atom. The van der Waals surface area contributed by atoms with Gasteiger partial charge in [0.2, 0.25) is 0 Å². The van der Waals surface area contributed by atoms with Crippen molar-refractivity contribution in [3.8, 4) is 0 Å². The van der Waals surface area contributed by atoms with E-state index in [1.54, 1.807) is 0 Å². The van der Waals surface area contributed by atoms with Gasteiger partial charge in [0.05, 0.1) is 0 Å². The van der Waals surface area contributed by atoms with Crippen LogP contribution in [0.2, 0.25) is 0 Å². The Hall–Kier alpha value is 2.26. The standard InChI is InChI=1S/Al.Cu.V.Zn.3H. The maximum absolute atomic E-state index is 0. The average molecular weight is 210 g/mol. The maximum atomic E-state index is 0. The van der Waals surface area contributed by atoms with Gasteiger partial charge >= 0.3 is 0 Å². The molecule has 0 amide bonds. The summed E-state index contributed by atoms with van der Waals surface area (Å²) in [6.45, 7) is 0. The van der Waals surface area contributed by atoms with Crippen LogP contribution in [0.3, 0.4) is 0 Å². The average Bonchev–Trinajstić information content (AvgIpc) is 0. The molecule has 2 radical (unpaired) electrons. The van der Waals surface area contributed by atoms with Crippen molar-refractivity contribution < 1.29 is 55.1 Å². The van der Waals surface area contributed by atoms with E-state index in [4.69, 9.17) is 0 Å². The van der Waals surface area contributed by atoms with E-state index in [-0.39, 0.29) is 72.5 Å². The van der Waals surface area contributed by atoms with Crippen molar-refractivity contribution in [2.24, 2.45) is 0 Å². The summed E-state index contributed by atoms with van der Waals surface area (Å²) in [5.74, 6) is 0. The Bertz CT molecular complexity index is 8.00. The molecule has 0 aliphatic carbocycles. The molecule has 0 bridgehead atoms. The molecule has 24 valence electrons. The molecule has 0 saturated heterocycles. The molecule has 4 heavy (non-hydrogen) atoms. The topological polar surface area (TPSA) is 0 Å². The van der Waals surface area contributed by atoms with Gasteiger partial charge in [0.15, 0.2) is 17.4 Å². The van der Waals surface area contributed by atoms with Crippen LogP contribution in [0.4, 0.5) is 0 Å². The van der Waals surface area contributed by atoms with Crippen molar-refractivity contribution in [2.75, 3.05) is 0 Å². The zero-order chi connectivity index (χ0) is 0. The van der Waals surface area contributed by atoms with Crippen LogP contribution in [0.25, 0.3) is 0 Å². The quantitative estimate of drug-likeness (QED) is 0.441. The van der Waals surface area contributed by atoms with Crippen molar-refractivity contribution in [3.63, 3.8) is 0 Å². The third kappa shape index (κ3) is 8.86. The molecule has 0 unspecified atom stereocenters. The number of hydrogen-bond acceptors (Lipinski definition) is 0. The van der Waals surface area contributed by atoms with Crippen molar-refractivity contribution >= 4 is 17.4 Å². The van der Waals surface area contributed by atoms with E-state index in [9.17, 15) is 0 Å². The molecule has 0 saturated carbocycles. The third-order valence-electron chi connectivity index (χ3n) is 0. The molecule has 0 atom stereocenters. The van der Waals surface area contributed by atoms with Gasteiger partial charge in [-0.1, -0.05) is 0 Å². The van der Waals surface area contributed by atoms with Crippen molar-refractivity contribution in [1.82, 2.24) is 0 Å². The van der Waals surface area contributed by atoms with E-state index in [2.05, 4.69) is 0 Å². The largest absolute Gasteiger partial charge is 0.187 e. The number of rotatable bonds is 0. The first-order valence-electron chi connectivity index (χ1n) is 0. The summed E-state index contributed by atoms with van der Waals surface area (Å²) < 4.78 is 0. The van der Waals surface area contributed by atoms with Gasteiger partial charge in [-0.2, -0.15) is 0 Å². The van der Waals surface area contributed by atoms with Crippen LogP contribution in [0.15, 0.2) is 0 Å². The molecule has 0 heterocycles. The Balaban J connectivity index is 0. The zero-order valence-electron chi connectivity index (χ0n) is 1.46. The van der Waals surface area contributed by atoms with Gasteiger partial charge in [-0.25, -0.2) is 0 Å². The summed E-state index contributed by atoms with van der Waals surface area (Å²) in [6, 6.07) is 0. The predicted molar refractivity (Wildman–Crippen MR) is 9.94 cm³/mol. The monoisotopic (exact) mass is 208 g/mol. The van der Waals surface area contributed by atoms with Gasteiger partial charge in [-0.15, -0.1) is 0 Å². The first-order chi connectivity index (χ1) is 0. The molecule has 0 aliphatic rings. The minimum absolute atomic E-state index is 0. The van der Waals surface area contributed by atoms with Crippen molar-refractivity contribution in [3.05, 3.63) is 0 Å². The van der Waals surface area contributed by atoms with Crippen LogP contribution in [0, 0.1) is 0 Å². The normalized spacial score (nSPS) is 0. The smallest absolute Gasteiger partial charge is 0 e. The zero-order valence-corrected chi connectivity index (χ0v) is 6.76. The molecule has 0 aromatic rings. The molecule has 0 rings (SSSR count). The van der Waals surface area contributed by atoms with Gasteiger partial charge in [-0.05, 0) is 0 Å². The second-order valence-corrected chi connectivity index (χ2v) is 0. The fourth-order valence-electron chi connectivity index (χ4n) is 0. The van der Waals surface area contributed by atoms with Gasteiger partial charge < -0.3 is 0 Å². The van der Waals surface area contributed by atoms with E-state index in [1.165, 1.54) is 0 Å². The SMILES string of the molecule is [AlH3].[Cu].[V].[Zn]. The van der Waals surface area contributed by atoms with E-state index in [1.807, 2.05) is 0 Å². The summed E-state index contributed by atoms with van der Waals surface area (Å²) in [5.41, 5.74) is 0. The third-order valence-corrected chi connectivity index (χ3v) is 0. The van der Waals surface area contributed by atoms with Crippen LogP contribution < -0.4 is 0 Å². The Morgan fingerprint density at radius 1 is 1.00 bits per heavy atom. The molecule has 0 aliphatic heterocycles. The van der Waals surface area contributed by atoms with E-state index in [0.29, 0.717) is 0 Å². The van der Waals surface area contributed by atoms with Crippen molar-refractivity contribution in [1.29, 1.82) is 0 Å². The molecule has 0 fully saturated rings. The van der Waals surface area contributed by atoms with Crippen LogP contribution in [-0.2, 0) is 55.1 Å². The minimum atomic E-state index is 0. The molecule has 4 heteroatoms. The Morgan fingerprint density at radius 3 is 1.00 bits per heavy atom. The van der Waals surface area contributed by atoms with Gasteiger partial charge in [-0.3, -0.25) is 0 Å². The first kappa shape index (κ1) is 33.9. The second kappa shape index (κ2) is 18.7. The summed E-state index contributed by atoms with van der Waals surface area (Å²) in [6.07, 6.45) is 0. The molecule has 0 N–H and O–H groups in total. The Kier molecular flexibility index (Phi) is 158. The fourth-order valence-corrected chi connectivity index (χ4v) is 0. The van der Waals surface area contributed by atoms with E-state index in [0.717, 1.165) is 0 Å². The fraction of sp³-hybridized carbons (Fsp3) is 0. The first-order valence-corrected chi connectivity index (χ1v) is 0. The minimum Gasteiger partial charge on any atom is 0 e. The molecular weight excluding hydrogens is 207 g/mol. The van der Waals surface area contributed by atoms with Crippen LogP contribution >= 0.6 is 0 Å². The van der Waals surface area contributed by atoms with E-state index < -0.39 is 0 Å². The van der Waals surface area contributed by atoms with Crippen LogP contribution in [-0.4, -0.2) is 17.4 Å². The predicted octanol–water partition coefficient (Wildman–Crippen LogP) is -1.19. The summed E-state index contributed by atoms with van der Waals surface area (Å²) >= 11 is 0. The van der Waals surface area contributed by atoms with Gasteiger partial charge in [0.1, 0.15) is 0 Å². The Labute approximate surface area is 71.7 Å². The molecule has 0 spiro atoms. The van der Waals surface area contributed by atoms with Crippen molar-refractivity contribution in [2.45, 2.75) is 0 Å². The van der Waals surface area contributed by atoms with Gasteiger partial charge in [0, 0.05) is 55.1 Å². The summed E-state index contributed by atoms with van der Waals surface area (Å²) in [4.78, 5) is 0.